The Morgan fingerprint density at radius 3 is 0.966 bits per heavy atom. The number of aromatic nitrogens is 12. The van der Waals surface area contributed by atoms with Crippen molar-refractivity contribution in [3.8, 4) is 11.8 Å². The second-order valence-corrected chi connectivity index (χ2v) is 45.4. The molecule has 0 bridgehead atoms. The van der Waals surface area contributed by atoms with Crippen LogP contribution in [0, 0.1) is 181 Å². The van der Waals surface area contributed by atoms with Crippen LogP contribution in [0.1, 0.15) is 279 Å². The highest BCUT2D eigenvalue weighted by Crippen LogP contribution is 2.71. The molecule has 17 saturated carbocycles. The molecule has 0 amide bonds. The first-order valence-corrected chi connectivity index (χ1v) is 48.7. The SMILES string of the molecule is C=C(Cn1nccn1)[C@H]1CC[C@H]2[C@@H]3CC[C@H]4C[C@@](O)(C#CC5CC5)CC[C@@H]4[C@H]3CC[C@]12C.C=C(Cn1nccn1)[C@H]1CC[C@H]2[C@@H]3CC[C@H]4C[C@@](O)(CF)CC[C@@H]4[C@H]3CC[C@]12C.C=C(Cn1nccn1)[C@H]1CC[C@H]2[C@@H]3CC[C@H]4C[C@@](O)(COC)CC[C@@H]4[C@H]3CC[C@]12C.C=C(Cn1nccn1)[C@H]1CC[C@H]2[C@@H]3CC[C@H]4C[C@](C)(O)CC[C@@H]4[C@H]3CC[C@]12C. The Morgan fingerprint density at radius 1 is 0.345 bits per heavy atom. The van der Waals surface area contributed by atoms with Gasteiger partial charge in [-0.05, 0) is 415 Å². The number of ether oxygens (including phenoxy) is 1. The summed E-state index contributed by atoms with van der Waals surface area (Å²) in [7, 11) is 1.72. The monoisotopic (exact) mass is 1630 g/mol. The molecule has 0 radical (unpaired) electrons. The van der Waals surface area contributed by atoms with Crippen LogP contribution in [0.25, 0.3) is 0 Å². The van der Waals surface area contributed by atoms with E-state index in [4.69, 9.17) is 4.74 Å². The minimum atomic E-state index is -1.03. The molecule has 17 fully saturated rings. The van der Waals surface area contributed by atoms with Crippen LogP contribution in [0.2, 0.25) is 0 Å². The molecule has 119 heavy (non-hydrogen) atoms. The Balaban J connectivity index is 0.000000109. The average Bonchev–Trinajstić information content (AvgIpc) is 1.65. The van der Waals surface area contributed by atoms with Gasteiger partial charge in [-0.25, -0.2) is 4.39 Å². The van der Waals surface area contributed by atoms with Crippen molar-refractivity contribution < 1.29 is 29.6 Å². The molecule has 0 saturated heterocycles. The number of fused-ring (bicyclic) bond motifs is 20. The van der Waals surface area contributed by atoms with Gasteiger partial charge in [0.05, 0.1) is 99.2 Å². The minimum absolute atomic E-state index is 0.354. The molecule has 18 heteroatoms. The van der Waals surface area contributed by atoms with E-state index in [0.717, 1.165) is 166 Å². The van der Waals surface area contributed by atoms with Crippen molar-refractivity contribution in [1.29, 1.82) is 0 Å². The van der Waals surface area contributed by atoms with Crippen LogP contribution >= 0.6 is 0 Å². The predicted molar refractivity (Wildman–Crippen MR) is 463 cm³/mol. The zero-order valence-corrected chi connectivity index (χ0v) is 73.9. The Labute approximate surface area is 712 Å². The van der Waals surface area contributed by atoms with Gasteiger partial charge >= 0.3 is 0 Å². The zero-order valence-electron chi connectivity index (χ0n) is 73.9. The fraction of sp³-hybridized carbons (Fsp3) is 0.822. The lowest BCUT2D eigenvalue weighted by Gasteiger charge is -2.57. The summed E-state index contributed by atoms with van der Waals surface area (Å²) in [6.45, 7) is 33.3. The smallest absolute Gasteiger partial charge is 0.125 e. The second kappa shape index (κ2) is 33.6. The van der Waals surface area contributed by atoms with Gasteiger partial charge in [0.15, 0.2) is 0 Å². The standard InChI is InChI=1S/C28H39N3O.C25H39N3O2.C24H36FN3O.C24H37N3O/c1-19(18-31-29-15-16-30-31)25-7-8-26-24-6-5-21-17-28(32,13-9-20-3-4-20)14-11-22(21)23(24)10-12-27(25,26)2;1-17(15-28-26-12-13-27-28)22-6-7-23-21-5-4-18-14-25(29,16-30-3)11-9-19(18)20(21)8-10-24(22,23)2;1-16(14-28-26-11-12-27-28)21-5-6-22-20-4-3-17-13-24(29,15-25)10-8-18(17)19(20)7-9-23(21,22)2;1-16(15-27-25-12-13-26-27)21-6-7-22-20-5-4-17-14-23(2,28)10-8-18(17)19(20)9-11-24(21,22)3/h15-16,20-26,32H,1,3-8,10-12,14,17-18H2,2H3;12-13,18-23,29H,1,4-11,14-16H2,2-3H3;11-12,17-22,29H,1,3-10,13-15H2,2H3;12-13,17-22,28H,1,4-11,14-15H2,2-3H3/t21-,22-,23+,24+,25+,26-,27+,28+;18-,19-,20+,21+,22+,23-,24+,25+;2*17-,18-,19+,20+,21+,22-,23+,24+/m0000/s1. The van der Waals surface area contributed by atoms with Crippen molar-refractivity contribution >= 4 is 0 Å². The first-order chi connectivity index (χ1) is 57.2. The summed E-state index contributed by atoms with van der Waals surface area (Å²) in [4.78, 5) is 7.15. The van der Waals surface area contributed by atoms with Gasteiger partial charge in [-0.3, -0.25) is 0 Å². The fourth-order valence-electron chi connectivity index (χ4n) is 34.1. The van der Waals surface area contributed by atoms with Crippen molar-refractivity contribution in [2.75, 3.05) is 20.4 Å². The van der Waals surface area contributed by atoms with Gasteiger partial charge in [-0.1, -0.05) is 88.1 Å². The predicted octanol–water partition coefficient (Wildman–Crippen LogP) is 19.4. The molecule has 4 heterocycles. The highest BCUT2D eigenvalue weighted by molar-refractivity contribution is 5.24. The van der Waals surface area contributed by atoms with Crippen LogP contribution in [0.3, 0.4) is 0 Å². The molecular formula is C101H151FN12O5. The van der Waals surface area contributed by atoms with Crippen molar-refractivity contribution in [3.05, 3.63) is 98.2 Å². The third kappa shape index (κ3) is 16.4. The first kappa shape index (κ1) is 84.6. The van der Waals surface area contributed by atoms with Crippen molar-refractivity contribution in [1.82, 2.24) is 60.0 Å². The molecule has 4 aromatic heterocycles. The summed E-state index contributed by atoms with van der Waals surface area (Å²) >= 11 is 0. The summed E-state index contributed by atoms with van der Waals surface area (Å²) < 4.78 is 18.7. The number of hydrogen-bond acceptors (Lipinski definition) is 13. The Bertz CT molecular complexity index is 4230. The van der Waals surface area contributed by atoms with Crippen LogP contribution in [0.5, 0.6) is 0 Å². The molecule has 17 aliphatic rings. The van der Waals surface area contributed by atoms with E-state index in [9.17, 15) is 24.8 Å². The average molecular weight is 1630 g/mol. The number of alkyl halides is 1. The normalized spacial score (nSPS) is 46.2. The third-order valence-electron chi connectivity index (χ3n) is 39.4. The quantitative estimate of drug-likeness (QED) is 0.0645. The van der Waals surface area contributed by atoms with Gasteiger partial charge < -0.3 is 25.2 Å². The molecule has 4 N–H and O–H groups in total. The second-order valence-electron chi connectivity index (χ2n) is 45.4. The molecule has 17 nitrogen and oxygen atoms in total. The van der Waals surface area contributed by atoms with Crippen LogP contribution < -0.4 is 0 Å². The Morgan fingerprint density at radius 2 is 0.639 bits per heavy atom. The number of hydrogen-bond donors (Lipinski definition) is 4. The summed E-state index contributed by atoms with van der Waals surface area (Å²) in [5, 5.41) is 77.6. The van der Waals surface area contributed by atoms with Crippen LogP contribution in [0.15, 0.2) is 98.2 Å². The van der Waals surface area contributed by atoms with E-state index >= 15 is 0 Å². The molecular weight excluding hydrogens is 1480 g/mol. The van der Waals surface area contributed by atoms with Gasteiger partial charge in [0, 0.05) is 13.0 Å². The fourth-order valence-corrected chi connectivity index (χ4v) is 34.1. The molecule has 17 aliphatic carbocycles. The molecule has 0 unspecified atom stereocenters. The maximum atomic E-state index is 13.4. The largest absolute Gasteiger partial charge is 0.390 e. The van der Waals surface area contributed by atoms with Gasteiger partial charge in [-0.2, -0.15) is 60.0 Å². The molecule has 21 rings (SSSR count). The summed E-state index contributed by atoms with van der Waals surface area (Å²) in [6, 6.07) is 0. The topological polar surface area (TPSA) is 213 Å². The number of rotatable bonds is 15. The van der Waals surface area contributed by atoms with Gasteiger partial charge in [0.1, 0.15) is 12.3 Å². The summed E-state index contributed by atoms with van der Waals surface area (Å²) in [6.07, 6.45) is 60.1. The van der Waals surface area contributed by atoms with E-state index in [0.29, 0.717) is 94.4 Å². The molecule has 0 aliphatic heterocycles. The molecule has 652 valence electrons. The number of methoxy groups -OCH3 is 1. The molecule has 4 aromatic rings. The van der Waals surface area contributed by atoms with Crippen LogP contribution in [-0.2, 0) is 30.9 Å². The van der Waals surface area contributed by atoms with E-state index in [1.165, 1.54) is 208 Å². The van der Waals surface area contributed by atoms with E-state index in [-0.39, 0.29) is 0 Å². The highest BCUT2D eigenvalue weighted by Gasteiger charge is 2.64. The molecule has 32 atom stereocenters. The number of aliphatic hydroxyl groups is 4. The van der Waals surface area contributed by atoms with Crippen LogP contribution in [0.4, 0.5) is 4.39 Å². The summed E-state index contributed by atoms with van der Waals surface area (Å²) in [5.74, 6) is 25.8. The van der Waals surface area contributed by atoms with Crippen molar-refractivity contribution in [2.24, 2.45) is 170 Å². The van der Waals surface area contributed by atoms with E-state index in [1.54, 1.807) is 75.9 Å². The number of nitrogens with zero attached hydrogens (tertiary/aromatic N) is 12. The third-order valence-corrected chi connectivity index (χ3v) is 39.4. The van der Waals surface area contributed by atoms with Gasteiger partial charge in [0.2, 0.25) is 0 Å². The molecule has 0 aromatic carbocycles. The Kier molecular flexibility index (Phi) is 23.9. The number of halogens is 1. The van der Waals surface area contributed by atoms with E-state index in [2.05, 4.69) is 114 Å². The lowest BCUT2D eigenvalue weighted by molar-refractivity contribution is -0.123. The van der Waals surface area contributed by atoms with Gasteiger partial charge in [-0.15, -0.1) is 0 Å². The van der Waals surface area contributed by atoms with E-state index in [1.807, 2.05) is 0 Å². The van der Waals surface area contributed by atoms with Crippen LogP contribution in [-0.4, -0.2) is 123 Å². The number of allylic oxidation sites excluding steroid dienone is 4. The van der Waals surface area contributed by atoms with Crippen molar-refractivity contribution in [2.45, 2.75) is 327 Å². The zero-order chi connectivity index (χ0) is 82.6. The van der Waals surface area contributed by atoms with Crippen molar-refractivity contribution in [3.63, 3.8) is 0 Å². The Hall–Kier alpha value is -5.19. The minimum Gasteiger partial charge on any atom is -0.390 e. The highest BCUT2D eigenvalue weighted by atomic mass is 19.1. The first-order valence-electron chi connectivity index (χ1n) is 48.7. The van der Waals surface area contributed by atoms with Gasteiger partial charge in [0.25, 0.3) is 0 Å². The summed E-state index contributed by atoms with van der Waals surface area (Å²) in [5.41, 5.74) is 4.12. The lowest BCUT2D eigenvalue weighted by atomic mass is 9.48. The lowest BCUT2D eigenvalue weighted by Crippen LogP contribution is -2.52. The molecule has 0 spiro atoms. The van der Waals surface area contributed by atoms with E-state index < -0.39 is 29.1 Å². The maximum absolute atomic E-state index is 13.4. The maximum Gasteiger partial charge on any atom is 0.125 e.